The number of carbonyl (C=O) groups is 1. The zero-order chi connectivity index (χ0) is 17.8. The van der Waals surface area contributed by atoms with E-state index in [1.54, 1.807) is 36.4 Å². The van der Waals surface area contributed by atoms with Gasteiger partial charge >= 0.3 is 0 Å². The molecule has 0 saturated heterocycles. The van der Waals surface area contributed by atoms with Gasteiger partial charge in [0.2, 0.25) is 0 Å². The summed E-state index contributed by atoms with van der Waals surface area (Å²) in [5.41, 5.74) is 4.66. The van der Waals surface area contributed by atoms with Gasteiger partial charge in [-0.15, -0.1) is 0 Å². The summed E-state index contributed by atoms with van der Waals surface area (Å²) >= 11 is 17.9. The molecule has 25 heavy (non-hydrogen) atoms. The lowest BCUT2D eigenvalue weighted by molar-refractivity contribution is 0.0950. The number of rotatable bonds is 4. The summed E-state index contributed by atoms with van der Waals surface area (Å²) in [6, 6.07) is 13.9. The van der Waals surface area contributed by atoms with Crippen molar-refractivity contribution >= 4 is 46.9 Å². The molecule has 1 aromatic heterocycles. The Kier molecular flexibility index (Phi) is 5.38. The minimum atomic E-state index is -0.438. The van der Waals surface area contributed by atoms with Gasteiger partial charge in [0, 0.05) is 16.1 Å². The number of carbonyl (C=O) groups excluding carboxylic acids is 1. The molecule has 1 heterocycles. The van der Waals surface area contributed by atoms with Gasteiger partial charge in [0.15, 0.2) is 0 Å². The van der Waals surface area contributed by atoms with E-state index in [4.69, 9.17) is 34.8 Å². The third kappa shape index (κ3) is 4.20. The van der Waals surface area contributed by atoms with Gasteiger partial charge in [-0.2, -0.15) is 10.2 Å². The predicted molar refractivity (Wildman–Crippen MR) is 101 cm³/mol. The zero-order valence-corrected chi connectivity index (χ0v) is 14.9. The number of nitrogens with zero attached hydrogens (tertiary/aromatic N) is 2. The van der Waals surface area contributed by atoms with Crippen LogP contribution in [0.1, 0.15) is 16.1 Å². The summed E-state index contributed by atoms with van der Waals surface area (Å²) in [6.45, 7) is 0. The maximum Gasteiger partial charge on any atom is 0.289 e. The average molecular weight is 394 g/mol. The molecule has 1 amide bonds. The number of nitrogens with one attached hydrogen (secondary N) is 2. The fourth-order valence-corrected chi connectivity index (χ4v) is 2.68. The minimum Gasteiger partial charge on any atom is -0.272 e. The van der Waals surface area contributed by atoms with Crippen LogP contribution in [0.2, 0.25) is 15.1 Å². The molecule has 0 aliphatic heterocycles. The summed E-state index contributed by atoms with van der Waals surface area (Å²) in [4.78, 5) is 12.1. The molecule has 0 atom stereocenters. The fourth-order valence-electron chi connectivity index (χ4n) is 2.06. The Bertz CT molecular complexity index is 915. The van der Waals surface area contributed by atoms with Gasteiger partial charge in [0.05, 0.1) is 22.0 Å². The van der Waals surface area contributed by atoms with E-state index >= 15 is 0 Å². The lowest BCUT2D eigenvalue weighted by Gasteiger charge is -2.00. The Morgan fingerprint density at radius 2 is 1.76 bits per heavy atom. The number of hydrazone groups is 1. The molecule has 3 aromatic rings. The molecule has 5 nitrogen and oxygen atoms in total. The highest BCUT2D eigenvalue weighted by Gasteiger charge is 2.10. The third-order valence-electron chi connectivity index (χ3n) is 3.32. The molecule has 2 N–H and O–H groups in total. The number of H-pyrrole nitrogens is 1. The number of aromatic nitrogens is 2. The van der Waals surface area contributed by atoms with Gasteiger partial charge in [0.1, 0.15) is 5.69 Å². The molecule has 8 heteroatoms. The molecule has 0 aliphatic rings. The Hall–Kier alpha value is -2.34. The Morgan fingerprint density at radius 1 is 1.08 bits per heavy atom. The summed E-state index contributed by atoms with van der Waals surface area (Å²) in [7, 11) is 0. The molecule has 0 radical (unpaired) electrons. The SMILES string of the molecule is O=C(N/N=C/c1c(Cl)cccc1Cl)c1cc(-c2ccc(Cl)cc2)n[nH]1. The van der Waals surface area contributed by atoms with Crippen LogP contribution in [0, 0.1) is 0 Å². The Morgan fingerprint density at radius 3 is 2.44 bits per heavy atom. The maximum atomic E-state index is 12.1. The van der Waals surface area contributed by atoms with Crippen molar-refractivity contribution < 1.29 is 4.79 Å². The third-order valence-corrected chi connectivity index (χ3v) is 4.23. The van der Waals surface area contributed by atoms with E-state index in [9.17, 15) is 4.79 Å². The van der Waals surface area contributed by atoms with Crippen molar-refractivity contribution in [1.82, 2.24) is 15.6 Å². The summed E-state index contributed by atoms with van der Waals surface area (Å²) in [6.07, 6.45) is 1.39. The van der Waals surface area contributed by atoms with Gasteiger partial charge in [-0.1, -0.05) is 53.0 Å². The molecule has 3 rings (SSSR count). The van der Waals surface area contributed by atoms with Crippen molar-refractivity contribution in [3.63, 3.8) is 0 Å². The first-order valence-corrected chi connectivity index (χ1v) is 8.27. The first-order chi connectivity index (χ1) is 12.0. The van der Waals surface area contributed by atoms with Crippen molar-refractivity contribution in [1.29, 1.82) is 0 Å². The molecule has 0 fully saturated rings. The van der Waals surface area contributed by atoms with Crippen LogP contribution in [-0.4, -0.2) is 22.3 Å². The van der Waals surface area contributed by atoms with Gasteiger partial charge in [-0.05, 0) is 30.3 Å². The smallest absolute Gasteiger partial charge is 0.272 e. The van der Waals surface area contributed by atoms with Crippen molar-refractivity contribution in [2.75, 3.05) is 0 Å². The summed E-state index contributed by atoms with van der Waals surface area (Å²) in [5.74, 6) is -0.438. The molecule has 126 valence electrons. The number of amides is 1. The van der Waals surface area contributed by atoms with E-state index < -0.39 is 5.91 Å². The topological polar surface area (TPSA) is 70.1 Å². The van der Waals surface area contributed by atoms with Crippen LogP contribution in [0.15, 0.2) is 53.6 Å². The average Bonchev–Trinajstić information content (AvgIpc) is 3.08. The highest BCUT2D eigenvalue weighted by molar-refractivity contribution is 6.38. The van der Waals surface area contributed by atoms with Crippen LogP contribution in [-0.2, 0) is 0 Å². The number of hydrogen-bond donors (Lipinski definition) is 2. The van der Waals surface area contributed by atoms with Crippen LogP contribution in [0.25, 0.3) is 11.3 Å². The molecule has 0 bridgehead atoms. The fraction of sp³-hybridized carbons (Fsp3) is 0. The molecule has 0 saturated carbocycles. The standard InChI is InChI=1S/C17H11Cl3N4O/c18-11-6-4-10(5-7-11)15-8-16(23-22-15)17(25)24-21-9-12-13(19)2-1-3-14(12)20/h1-9H,(H,22,23)(H,24,25)/b21-9+. The molecular formula is C17H11Cl3N4O. The molecule has 0 spiro atoms. The van der Waals surface area contributed by atoms with E-state index in [1.165, 1.54) is 6.21 Å². The number of halogens is 3. The second-order valence-electron chi connectivity index (χ2n) is 5.01. The van der Waals surface area contributed by atoms with Crippen molar-refractivity contribution in [3.8, 4) is 11.3 Å². The largest absolute Gasteiger partial charge is 0.289 e. The Balaban J connectivity index is 1.70. The monoisotopic (exact) mass is 392 g/mol. The van der Waals surface area contributed by atoms with Crippen molar-refractivity contribution in [2.45, 2.75) is 0 Å². The van der Waals surface area contributed by atoms with Gasteiger partial charge in [0.25, 0.3) is 5.91 Å². The van der Waals surface area contributed by atoms with Gasteiger partial charge < -0.3 is 0 Å². The first kappa shape index (κ1) is 17.5. The maximum absolute atomic E-state index is 12.1. The van der Waals surface area contributed by atoms with Crippen LogP contribution in [0.5, 0.6) is 0 Å². The Labute approximate surface area is 158 Å². The van der Waals surface area contributed by atoms with Crippen LogP contribution < -0.4 is 5.43 Å². The highest BCUT2D eigenvalue weighted by Crippen LogP contribution is 2.22. The predicted octanol–water partition coefficient (Wildman–Crippen LogP) is 4.80. The van der Waals surface area contributed by atoms with Crippen LogP contribution >= 0.6 is 34.8 Å². The zero-order valence-electron chi connectivity index (χ0n) is 12.6. The number of hydrogen-bond acceptors (Lipinski definition) is 3. The van der Waals surface area contributed by atoms with Crippen LogP contribution in [0.4, 0.5) is 0 Å². The quantitative estimate of drug-likeness (QED) is 0.494. The van der Waals surface area contributed by atoms with Gasteiger partial charge in [-0.3, -0.25) is 9.89 Å². The number of benzene rings is 2. The lowest BCUT2D eigenvalue weighted by atomic mass is 10.1. The van der Waals surface area contributed by atoms with E-state index in [1.807, 2.05) is 12.1 Å². The van der Waals surface area contributed by atoms with Gasteiger partial charge in [-0.25, -0.2) is 5.43 Å². The van der Waals surface area contributed by atoms with E-state index in [0.29, 0.717) is 26.3 Å². The lowest BCUT2D eigenvalue weighted by Crippen LogP contribution is -2.18. The van der Waals surface area contributed by atoms with Crippen LogP contribution in [0.3, 0.4) is 0 Å². The molecule has 0 unspecified atom stereocenters. The molecule has 2 aromatic carbocycles. The number of aromatic amines is 1. The highest BCUT2D eigenvalue weighted by atomic mass is 35.5. The first-order valence-electron chi connectivity index (χ1n) is 7.13. The molecule has 0 aliphatic carbocycles. The summed E-state index contributed by atoms with van der Waals surface area (Å²) < 4.78 is 0. The van der Waals surface area contributed by atoms with Crippen molar-refractivity contribution in [2.24, 2.45) is 5.10 Å². The summed E-state index contributed by atoms with van der Waals surface area (Å²) in [5, 5.41) is 12.2. The second-order valence-corrected chi connectivity index (χ2v) is 6.26. The van der Waals surface area contributed by atoms with Crippen molar-refractivity contribution in [3.05, 3.63) is 74.9 Å². The van der Waals surface area contributed by atoms with E-state index in [-0.39, 0.29) is 5.69 Å². The normalized spacial score (nSPS) is 11.0. The minimum absolute atomic E-state index is 0.271. The van der Waals surface area contributed by atoms with E-state index in [2.05, 4.69) is 20.7 Å². The van der Waals surface area contributed by atoms with E-state index in [0.717, 1.165) is 5.56 Å². The second kappa shape index (κ2) is 7.70. The molecular weight excluding hydrogens is 383 g/mol.